The maximum Gasteiger partial charge on any atom is 0.171 e. The number of nitrogens with one attached hydrogen (secondary N) is 2. The van der Waals surface area contributed by atoms with Crippen molar-refractivity contribution in [3.8, 4) is 0 Å². The number of nitrogens with zero attached hydrogens (tertiary/aromatic N) is 2. The summed E-state index contributed by atoms with van der Waals surface area (Å²) in [6.45, 7) is 3.37. The molecule has 0 spiro atoms. The Morgan fingerprint density at radius 3 is 2.80 bits per heavy atom. The molecule has 1 heterocycles. The Bertz CT molecular complexity index is 612. The Labute approximate surface area is 133 Å². The monoisotopic (exact) mass is 328 g/mol. The zero-order valence-electron chi connectivity index (χ0n) is 10.9. The Balaban J connectivity index is 2.02. The summed E-state index contributed by atoms with van der Waals surface area (Å²) in [6.07, 6.45) is 1.87. The summed E-state index contributed by atoms with van der Waals surface area (Å²) < 4.78 is 1.80. The van der Waals surface area contributed by atoms with Crippen molar-refractivity contribution in [1.82, 2.24) is 15.1 Å². The van der Waals surface area contributed by atoms with Gasteiger partial charge in [-0.05, 0) is 36.8 Å². The first-order valence-electron chi connectivity index (χ1n) is 6.10. The Hall–Kier alpha value is -1.30. The minimum Gasteiger partial charge on any atom is -0.363 e. The van der Waals surface area contributed by atoms with Crippen molar-refractivity contribution in [1.29, 1.82) is 0 Å². The van der Waals surface area contributed by atoms with Crippen molar-refractivity contribution in [3.63, 3.8) is 0 Å². The molecule has 0 aliphatic carbocycles. The van der Waals surface area contributed by atoms with Gasteiger partial charge in [-0.25, -0.2) is 0 Å². The Kier molecular flexibility index (Phi) is 5.23. The molecule has 106 valence electrons. The van der Waals surface area contributed by atoms with E-state index in [0.29, 0.717) is 27.5 Å². The van der Waals surface area contributed by atoms with Crippen LogP contribution in [0.25, 0.3) is 0 Å². The predicted molar refractivity (Wildman–Crippen MR) is 87.7 cm³/mol. The van der Waals surface area contributed by atoms with Crippen LogP contribution in [0.3, 0.4) is 0 Å². The largest absolute Gasteiger partial charge is 0.363 e. The SMILES string of the molecule is CCNC(=S)Nc1ccn(Cc2ccc(Cl)c(Cl)c2)n1. The van der Waals surface area contributed by atoms with Gasteiger partial charge in [-0.2, -0.15) is 5.10 Å². The maximum absolute atomic E-state index is 5.99. The second-order valence-electron chi connectivity index (χ2n) is 4.13. The van der Waals surface area contributed by atoms with Gasteiger partial charge in [0, 0.05) is 18.8 Å². The first-order chi connectivity index (χ1) is 9.58. The van der Waals surface area contributed by atoms with Crippen LogP contribution in [0.4, 0.5) is 5.82 Å². The number of halogens is 2. The highest BCUT2D eigenvalue weighted by molar-refractivity contribution is 7.80. The van der Waals surface area contributed by atoms with Gasteiger partial charge in [-0.15, -0.1) is 0 Å². The normalized spacial score (nSPS) is 10.3. The van der Waals surface area contributed by atoms with Gasteiger partial charge in [0.1, 0.15) is 0 Å². The van der Waals surface area contributed by atoms with E-state index in [9.17, 15) is 0 Å². The van der Waals surface area contributed by atoms with E-state index in [1.54, 1.807) is 10.7 Å². The summed E-state index contributed by atoms with van der Waals surface area (Å²) in [5, 5.41) is 12.1. The van der Waals surface area contributed by atoms with E-state index >= 15 is 0 Å². The van der Waals surface area contributed by atoms with Gasteiger partial charge >= 0.3 is 0 Å². The summed E-state index contributed by atoms with van der Waals surface area (Å²) in [6, 6.07) is 7.40. The molecular weight excluding hydrogens is 315 g/mol. The van der Waals surface area contributed by atoms with Crippen molar-refractivity contribution in [2.75, 3.05) is 11.9 Å². The molecule has 2 N–H and O–H groups in total. The molecular formula is C13H14Cl2N4S. The number of benzene rings is 1. The molecule has 7 heteroatoms. The summed E-state index contributed by atoms with van der Waals surface area (Å²) in [5.74, 6) is 0.705. The van der Waals surface area contributed by atoms with Gasteiger partial charge in [-0.3, -0.25) is 4.68 Å². The Morgan fingerprint density at radius 1 is 1.30 bits per heavy atom. The molecule has 0 atom stereocenters. The molecule has 20 heavy (non-hydrogen) atoms. The standard InChI is InChI=1S/C13H14Cl2N4S/c1-2-16-13(20)17-12-5-6-19(18-12)8-9-3-4-10(14)11(15)7-9/h3-7H,2,8H2,1H3,(H2,16,17,18,20). The van der Waals surface area contributed by atoms with Gasteiger partial charge in [0.25, 0.3) is 0 Å². The molecule has 2 rings (SSSR count). The number of hydrogen-bond acceptors (Lipinski definition) is 2. The highest BCUT2D eigenvalue weighted by Crippen LogP contribution is 2.23. The van der Waals surface area contributed by atoms with Crippen molar-refractivity contribution >= 4 is 46.4 Å². The molecule has 2 aromatic rings. The molecule has 0 radical (unpaired) electrons. The zero-order chi connectivity index (χ0) is 14.5. The van der Waals surface area contributed by atoms with E-state index in [1.165, 1.54) is 0 Å². The number of hydrogen-bond donors (Lipinski definition) is 2. The van der Waals surface area contributed by atoms with Crippen LogP contribution < -0.4 is 10.6 Å². The van der Waals surface area contributed by atoms with Crippen molar-refractivity contribution in [3.05, 3.63) is 46.1 Å². The van der Waals surface area contributed by atoms with E-state index in [0.717, 1.165) is 12.1 Å². The fraction of sp³-hybridized carbons (Fsp3) is 0.231. The topological polar surface area (TPSA) is 41.9 Å². The summed E-state index contributed by atoms with van der Waals surface area (Å²) in [4.78, 5) is 0. The van der Waals surface area contributed by atoms with Gasteiger partial charge in [0.05, 0.1) is 16.6 Å². The van der Waals surface area contributed by atoms with Crippen LogP contribution in [0.1, 0.15) is 12.5 Å². The second kappa shape index (κ2) is 6.92. The van der Waals surface area contributed by atoms with Crippen LogP contribution in [-0.2, 0) is 6.54 Å². The number of rotatable bonds is 4. The molecule has 0 aliphatic heterocycles. The van der Waals surface area contributed by atoms with Crippen LogP contribution >= 0.6 is 35.4 Å². The highest BCUT2D eigenvalue weighted by atomic mass is 35.5. The molecule has 0 unspecified atom stereocenters. The third-order valence-corrected chi connectivity index (χ3v) is 3.53. The van der Waals surface area contributed by atoms with Crippen molar-refractivity contribution in [2.24, 2.45) is 0 Å². The second-order valence-corrected chi connectivity index (χ2v) is 5.35. The van der Waals surface area contributed by atoms with Gasteiger partial charge in [0.15, 0.2) is 10.9 Å². The first kappa shape index (κ1) is 15.1. The zero-order valence-corrected chi connectivity index (χ0v) is 13.2. The molecule has 0 saturated carbocycles. The lowest BCUT2D eigenvalue weighted by Gasteiger charge is -2.06. The highest BCUT2D eigenvalue weighted by Gasteiger charge is 2.03. The quantitative estimate of drug-likeness (QED) is 0.842. The van der Waals surface area contributed by atoms with E-state index in [1.807, 2.05) is 31.3 Å². The van der Waals surface area contributed by atoms with Crippen molar-refractivity contribution < 1.29 is 0 Å². The maximum atomic E-state index is 5.99. The van der Waals surface area contributed by atoms with Gasteiger partial charge in [0.2, 0.25) is 0 Å². The number of aromatic nitrogens is 2. The van der Waals surface area contributed by atoms with Crippen LogP contribution in [0.15, 0.2) is 30.5 Å². The lowest BCUT2D eigenvalue weighted by molar-refractivity contribution is 0.690. The number of thiocarbonyl (C=S) groups is 1. The molecule has 4 nitrogen and oxygen atoms in total. The third kappa shape index (κ3) is 4.10. The lowest BCUT2D eigenvalue weighted by atomic mass is 10.2. The minimum absolute atomic E-state index is 0.544. The summed E-state index contributed by atoms with van der Waals surface area (Å²) in [5.41, 5.74) is 1.03. The van der Waals surface area contributed by atoms with Crippen LogP contribution in [0.2, 0.25) is 10.0 Å². The summed E-state index contributed by atoms with van der Waals surface area (Å²) >= 11 is 17.0. The van der Waals surface area contributed by atoms with E-state index in [4.69, 9.17) is 35.4 Å². The van der Waals surface area contributed by atoms with Crippen LogP contribution in [-0.4, -0.2) is 21.4 Å². The van der Waals surface area contributed by atoms with Crippen LogP contribution in [0.5, 0.6) is 0 Å². The average molecular weight is 329 g/mol. The predicted octanol–water partition coefficient (Wildman–Crippen LogP) is 3.54. The molecule has 0 bridgehead atoms. The van der Waals surface area contributed by atoms with Crippen LogP contribution in [0, 0.1) is 0 Å². The number of anilines is 1. The molecule has 1 aromatic heterocycles. The molecule has 0 aliphatic rings. The van der Waals surface area contributed by atoms with Gasteiger partial charge in [-0.1, -0.05) is 29.3 Å². The fourth-order valence-electron chi connectivity index (χ4n) is 1.66. The summed E-state index contributed by atoms with van der Waals surface area (Å²) in [7, 11) is 0. The minimum atomic E-state index is 0.544. The molecule has 0 fully saturated rings. The average Bonchev–Trinajstić information content (AvgIpc) is 2.81. The first-order valence-corrected chi connectivity index (χ1v) is 7.27. The molecule has 0 saturated heterocycles. The fourth-order valence-corrected chi connectivity index (χ4v) is 2.23. The Morgan fingerprint density at radius 2 is 2.10 bits per heavy atom. The molecule has 1 aromatic carbocycles. The van der Waals surface area contributed by atoms with E-state index < -0.39 is 0 Å². The van der Waals surface area contributed by atoms with Crippen molar-refractivity contribution in [2.45, 2.75) is 13.5 Å². The van der Waals surface area contributed by atoms with Gasteiger partial charge < -0.3 is 10.6 Å². The third-order valence-electron chi connectivity index (χ3n) is 2.55. The smallest absolute Gasteiger partial charge is 0.171 e. The lowest BCUT2D eigenvalue weighted by Crippen LogP contribution is -2.28. The molecule has 0 amide bonds. The van der Waals surface area contributed by atoms with E-state index in [2.05, 4.69) is 15.7 Å². The van der Waals surface area contributed by atoms with E-state index in [-0.39, 0.29) is 0 Å².